The molecule has 0 amide bonds. The fourth-order valence-corrected chi connectivity index (χ4v) is 3.27. The van der Waals surface area contributed by atoms with E-state index in [2.05, 4.69) is 51.0 Å². The van der Waals surface area contributed by atoms with Crippen LogP contribution in [0.25, 0.3) is 0 Å². The standard InChI is InChI=1S/C23H38NO2.BrH/c1-4-23(25)26-20-16-11-9-7-5-6-8-10-15-19-24(2,3)21-22-17-13-12-14-18-22;/h4,12-14,17-18H,1,5-11,15-16,19-21H2,2-3H3;1H/q+1;/p-1. The predicted molar refractivity (Wildman–Crippen MR) is 110 cm³/mol. The first kappa shape index (κ1) is 25.9. The Morgan fingerprint density at radius 3 is 2.00 bits per heavy atom. The van der Waals surface area contributed by atoms with Gasteiger partial charge in [-0.3, -0.25) is 0 Å². The minimum atomic E-state index is -0.310. The summed E-state index contributed by atoms with van der Waals surface area (Å²) in [5.41, 5.74) is 1.43. The number of carbonyl (C=O) groups excluding carboxylic acids is 1. The van der Waals surface area contributed by atoms with Crippen LogP contribution in [-0.2, 0) is 16.1 Å². The normalized spacial score (nSPS) is 10.9. The average molecular weight is 440 g/mol. The van der Waals surface area contributed by atoms with E-state index < -0.39 is 0 Å². The number of halogens is 1. The summed E-state index contributed by atoms with van der Waals surface area (Å²) in [5, 5.41) is 0. The van der Waals surface area contributed by atoms with Crippen LogP contribution in [0.2, 0.25) is 0 Å². The Hall–Kier alpha value is -1.13. The molecule has 0 spiro atoms. The number of ether oxygens (including phenoxy) is 1. The molecule has 0 N–H and O–H groups in total. The second kappa shape index (κ2) is 15.9. The maximum Gasteiger partial charge on any atom is 0.330 e. The van der Waals surface area contributed by atoms with Crippen LogP contribution in [0.4, 0.5) is 0 Å². The third-order valence-electron chi connectivity index (χ3n) is 4.77. The third-order valence-corrected chi connectivity index (χ3v) is 4.77. The molecular formula is C23H38BrNO2. The second-order valence-corrected chi connectivity index (χ2v) is 7.86. The van der Waals surface area contributed by atoms with Gasteiger partial charge in [0.2, 0.25) is 0 Å². The number of hydrogen-bond acceptors (Lipinski definition) is 2. The Morgan fingerprint density at radius 1 is 0.926 bits per heavy atom. The predicted octanol–water partition coefficient (Wildman–Crippen LogP) is 2.51. The van der Waals surface area contributed by atoms with Gasteiger partial charge >= 0.3 is 5.97 Å². The van der Waals surface area contributed by atoms with Crippen LogP contribution in [0.3, 0.4) is 0 Å². The van der Waals surface area contributed by atoms with Crippen LogP contribution in [0.5, 0.6) is 0 Å². The molecule has 1 aromatic rings. The van der Waals surface area contributed by atoms with Crippen LogP contribution in [-0.4, -0.2) is 37.7 Å². The summed E-state index contributed by atoms with van der Waals surface area (Å²) in [4.78, 5) is 10.9. The molecule has 0 unspecified atom stereocenters. The summed E-state index contributed by atoms with van der Waals surface area (Å²) in [7, 11) is 4.67. The lowest BCUT2D eigenvalue weighted by Crippen LogP contribution is -3.00. The summed E-state index contributed by atoms with van der Waals surface area (Å²) in [5.74, 6) is -0.310. The van der Waals surface area contributed by atoms with Crippen molar-refractivity contribution in [1.82, 2.24) is 0 Å². The van der Waals surface area contributed by atoms with Gasteiger partial charge in [0.15, 0.2) is 0 Å². The maximum atomic E-state index is 10.9. The Kier molecular flexibility index (Phi) is 15.2. The van der Waals surface area contributed by atoms with E-state index in [0.29, 0.717) is 6.61 Å². The minimum absolute atomic E-state index is 0. The number of quaternary nitrogens is 1. The summed E-state index contributed by atoms with van der Waals surface area (Å²) in [6.45, 7) is 6.28. The van der Waals surface area contributed by atoms with Crippen molar-refractivity contribution in [3.8, 4) is 0 Å². The number of unbranched alkanes of at least 4 members (excludes halogenated alkanes) is 8. The third kappa shape index (κ3) is 14.6. The van der Waals surface area contributed by atoms with Gasteiger partial charge in [0.25, 0.3) is 0 Å². The van der Waals surface area contributed by atoms with Crippen molar-refractivity contribution < 1.29 is 31.0 Å². The molecule has 0 fully saturated rings. The first-order valence-electron chi connectivity index (χ1n) is 10.2. The van der Waals surface area contributed by atoms with Crippen molar-refractivity contribution in [2.24, 2.45) is 0 Å². The molecule has 0 aliphatic carbocycles. The van der Waals surface area contributed by atoms with Crippen LogP contribution in [0.15, 0.2) is 43.0 Å². The summed E-state index contributed by atoms with van der Waals surface area (Å²) in [6.07, 6.45) is 12.6. The molecule has 0 heterocycles. The van der Waals surface area contributed by atoms with E-state index in [9.17, 15) is 4.79 Å². The van der Waals surface area contributed by atoms with Gasteiger partial charge in [0, 0.05) is 11.6 Å². The fraction of sp³-hybridized carbons (Fsp3) is 0.609. The highest BCUT2D eigenvalue weighted by Crippen LogP contribution is 2.13. The molecule has 0 bridgehead atoms. The van der Waals surface area contributed by atoms with Gasteiger partial charge in [-0.1, -0.05) is 75.4 Å². The zero-order valence-electron chi connectivity index (χ0n) is 17.3. The molecule has 0 atom stereocenters. The monoisotopic (exact) mass is 439 g/mol. The number of nitrogens with zero attached hydrogens (tertiary/aromatic N) is 1. The molecule has 4 heteroatoms. The van der Waals surface area contributed by atoms with Crippen LogP contribution in [0.1, 0.15) is 63.4 Å². The largest absolute Gasteiger partial charge is 1.00 e. The SMILES string of the molecule is C=CC(=O)OCCCCCCCCCCC[N+](C)(C)Cc1ccccc1.[Br-]. The Balaban J connectivity index is 0.00000676. The smallest absolute Gasteiger partial charge is 0.330 e. The minimum Gasteiger partial charge on any atom is -1.00 e. The lowest BCUT2D eigenvalue weighted by molar-refractivity contribution is -0.903. The molecular weight excluding hydrogens is 402 g/mol. The second-order valence-electron chi connectivity index (χ2n) is 7.86. The molecule has 1 rings (SSSR count). The highest BCUT2D eigenvalue weighted by Gasteiger charge is 2.14. The van der Waals surface area contributed by atoms with E-state index in [4.69, 9.17) is 4.74 Å². The molecule has 1 aromatic carbocycles. The van der Waals surface area contributed by atoms with Gasteiger partial charge in [0.05, 0.1) is 27.2 Å². The Morgan fingerprint density at radius 2 is 1.44 bits per heavy atom. The maximum absolute atomic E-state index is 10.9. The number of esters is 1. The van der Waals surface area contributed by atoms with Crippen LogP contribution < -0.4 is 17.0 Å². The highest BCUT2D eigenvalue weighted by molar-refractivity contribution is 5.81. The first-order valence-corrected chi connectivity index (χ1v) is 10.2. The lowest BCUT2D eigenvalue weighted by Gasteiger charge is -2.30. The topological polar surface area (TPSA) is 26.3 Å². The van der Waals surface area contributed by atoms with E-state index in [0.717, 1.165) is 23.9 Å². The lowest BCUT2D eigenvalue weighted by atomic mass is 10.1. The molecule has 0 aliphatic heterocycles. The number of hydrogen-bond donors (Lipinski definition) is 0. The number of benzene rings is 1. The summed E-state index contributed by atoms with van der Waals surface area (Å²) < 4.78 is 6.04. The number of rotatable bonds is 15. The summed E-state index contributed by atoms with van der Waals surface area (Å²) in [6, 6.07) is 10.8. The molecule has 0 saturated heterocycles. The van der Waals surface area contributed by atoms with Gasteiger partial charge in [-0.2, -0.15) is 0 Å². The van der Waals surface area contributed by atoms with Gasteiger partial charge < -0.3 is 26.2 Å². The van der Waals surface area contributed by atoms with Gasteiger partial charge in [-0.15, -0.1) is 0 Å². The quantitative estimate of drug-likeness (QED) is 0.181. The van der Waals surface area contributed by atoms with Crippen molar-refractivity contribution in [2.45, 2.75) is 64.3 Å². The van der Waals surface area contributed by atoms with E-state index in [1.165, 1.54) is 63.1 Å². The van der Waals surface area contributed by atoms with Crippen molar-refractivity contribution in [1.29, 1.82) is 0 Å². The van der Waals surface area contributed by atoms with Crippen molar-refractivity contribution in [3.05, 3.63) is 48.6 Å². The Bertz CT molecular complexity index is 502. The zero-order chi connectivity index (χ0) is 19.1. The number of carbonyl (C=O) groups is 1. The van der Waals surface area contributed by atoms with Crippen LogP contribution in [0, 0.1) is 0 Å². The van der Waals surface area contributed by atoms with Crippen LogP contribution >= 0.6 is 0 Å². The van der Waals surface area contributed by atoms with Gasteiger partial charge in [-0.05, 0) is 19.3 Å². The average Bonchev–Trinajstić information content (AvgIpc) is 2.62. The zero-order valence-corrected chi connectivity index (χ0v) is 18.9. The summed E-state index contributed by atoms with van der Waals surface area (Å²) >= 11 is 0. The molecule has 0 radical (unpaired) electrons. The van der Waals surface area contributed by atoms with Crippen molar-refractivity contribution >= 4 is 5.97 Å². The molecule has 27 heavy (non-hydrogen) atoms. The Labute approximate surface area is 177 Å². The molecule has 0 saturated carbocycles. The highest BCUT2D eigenvalue weighted by atomic mass is 79.9. The van der Waals surface area contributed by atoms with Gasteiger partial charge in [-0.25, -0.2) is 4.79 Å². The van der Waals surface area contributed by atoms with E-state index in [1.54, 1.807) is 0 Å². The van der Waals surface area contributed by atoms with Crippen molar-refractivity contribution in [3.63, 3.8) is 0 Å². The molecule has 0 aliphatic rings. The van der Waals surface area contributed by atoms with E-state index in [-0.39, 0.29) is 23.0 Å². The molecule has 154 valence electrons. The molecule has 3 nitrogen and oxygen atoms in total. The van der Waals surface area contributed by atoms with E-state index in [1.807, 2.05) is 0 Å². The first-order chi connectivity index (χ1) is 12.5. The van der Waals surface area contributed by atoms with Crippen molar-refractivity contribution in [2.75, 3.05) is 27.2 Å². The van der Waals surface area contributed by atoms with Gasteiger partial charge in [0.1, 0.15) is 6.54 Å². The van der Waals surface area contributed by atoms with E-state index >= 15 is 0 Å². The fourth-order valence-electron chi connectivity index (χ4n) is 3.27. The molecule has 0 aromatic heterocycles.